The van der Waals surface area contributed by atoms with Crippen LogP contribution >= 0.6 is 0 Å². The minimum absolute atomic E-state index is 0.00910. The Morgan fingerprint density at radius 2 is 0.792 bits per heavy atom. The summed E-state index contributed by atoms with van der Waals surface area (Å²) in [5.74, 6) is -6.05. The molecule has 0 saturated carbocycles. The number of hydrogen-bond acceptors (Lipinski definition) is 12. The Kier molecular flexibility index (Phi) is 9.16. The van der Waals surface area contributed by atoms with E-state index >= 15 is 0 Å². The molecule has 0 aromatic heterocycles. The van der Waals surface area contributed by atoms with E-state index in [0.717, 1.165) is 27.7 Å². The van der Waals surface area contributed by atoms with Crippen LogP contribution in [0.25, 0.3) is 57.0 Å². The summed E-state index contributed by atoms with van der Waals surface area (Å²) in [4.78, 5) is 48.2. The second-order valence-electron chi connectivity index (χ2n) is 11.5. The third-order valence-electron chi connectivity index (χ3n) is 7.37. The Morgan fingerprint density at radius 3 is 1.04 bits per heavy atom. The van der Waals surface area contributed by atoms with E-state index in [1.807, 2.05) is 0 Å². The molecule has 0 heterocycles. The predicted octanol–water partition coefficient (Wildman–Crippen LogP) is 3.39. The van der Waals surface area contributed by atoms with Crippen LogP contribution in [0.1, 0.15) is 55.4 Å². The molecule has 0 aliphatic heterocycles. The first-order valence-electron chi connectivity index (χ1n) is 14.5. The van der Waals surface area contributed by atoms with Crippen molar-refractivity contribution in [2.75, 3.05) is 0 Å². The van der Waals surface area contributed by atoms with Gasteiger partial charge in [-0.3, -0.25) is 19.2 Å². The van der Waals surface area contributed by atoms with Crippen LogP contribution in [-0.2, 0) is 19.2 Å². The van der Waals surface area contributed by atoms with Crippen LogP contribution in [0.3, 0.4) is 0 Å². The highest BCUT2D eigenvalue weighted by atomic mass is 16.6. The fourth-order valence-electron chi connectivity index (χ4n) is 5.68. The van der Waals surface area contributed by atoms with Gasteiger partial charge in [0.2, 0.25) is 0 Å². The number of rotatable bonds is 5. The molecule has 4 aromatic rings. The molecule has 12 heteroatoms. The number of hydrogen-bond donors (Lipinski definition) is 4. The maximum absolute atomic E-state index is 12.0. The van der Waals surface area contributed by atoms with Crippen LogP contribution < -0.4 is 39.8 Å². The van der Waals surface area contributed by atoms with E-state index < -0.39 is 46.9 Å². The van der Waals surface area contributed by atoms with E-state index in [2.05, 4.69) is 13.2 Å². The Hall–Kier alpha value is -6.04. The third kappa shape index (κ3) is 5.83. The maximum atomic E-state index is 12.0. The molecule has 4 N–H and O–H groups in total. The van der Waals surface area contributed by atoms with Crippen molar-refractivity contribution < 1.29 is 58.6 Å². The zero-order valence-corrected chi connectivity index (χ0v) is 27.6. The number of benzene rings is 4. The van der Waals surface area contributed by atoms with Gasteiger partial charge in [-0.05, 0) is 39.8 Å². The van der Waals surface area contributed by atoms with Crippen LogP contribution in [0.4, 0.5) is 0 Å². The lowest BCUT2D eigenvalue weighted by Crippen LogP contribution is -2.21. The van der Waals surface area contributed by atoms with Crippen LogP contribution in [0.2, 0.25) is 0 Å². The maximum Gasteiger partial charge on any atom is 0.308 e. The molecule has 0 aliphatic carbocycles. The smallest absolute Gasteiger partial charge is 0.308 e. The highest BCUT2D eigenvalue weighted by molar-refractivity contribution is 6.07. The summed E-state index contributed by atoms with van der Waals surface area (Å²) in [7, 11) is 0. The van der Waals surface area contributed by atoms with Gasteiger partial charge in [0.25, 0.3) is 0 Å². The van der Waals surface area contributed by atoms with Crippen molar-refractivity contribution in [3.8, 4) is 57.1 Å². The average molecular weight is 659 g/mol. The number of ether oxygens (including phenoxy) is 4. The Balaban J connectivity index is 2.32. The van der Waals surface area contributed by atoms with Crippen LogP contribution in [0.5, 0.6) is 46.0 Å². The van der Waals surface area contributed by atoms with Gasteiger partial charge in [-0.25, -0.2) is 0 Å². The van der Waals surface area contributed by atoms with E-state index in [4.69, 9.17) is 18.9 Å². The van der Waals surface area contributed by atoms with Gasteiger partial charge < -0.3 is 39.4 Å². The molecule has 250 valence electrons. The third-order valence-corrected chi connectivity index (χ3v) is 7.37. The number of phenolic OH excluding ortho intramolecular Hbond substituents is 4. The molecule has 0 aliphatic rings. The van der Waals surface area contributed by atoms with E-state index in [-0.39, 0.29) is 76.5 Å². The van der Waals surface area contributed by atoms with Crippen molar-refractivity contribution in [3.63, 3.8) is 0 Å². The van der Waals surface area contributed by atoms with Crippen LogP contribution in [0.15, 0.2) is 12.1 Å². The molecule has 0 fully saturated rings. The highest BCUT2D eigenvalue weighted by Gasteiger charge is 2.28. The lowest BCUT2D eigenvalue weighted by Gasteiger charge is -2.20. The molecule has 0 radical (unpaired) electrons. The monoisotopic (exact) mass is 658 g/mol. The van der Waals surface area contributed by atoms with Gasteiger partial charge in [0, 0.05) is 81.2 Å². The first-order chi connectivity index (χ1) is 22.3. The van der Waals surface area contributed by atoms with Crippen molar-refractivity contribution in [1.29, 1.82) is 0 Å². The number of carbonyl (C=O) groups excluding carboxylic acids is 4. The fraction of sp³-hybridized carbons (Fsp3) is 0.222. The molecule has 0 atom stereocenters. The summed E-state index contributed by atoms with van der Waals surface area (Å²) < 4.78 is 21.5. The molecule has 0 saturated heterocycles. The van der Waals surface area contributed by atoms with Gasteiger partial charge in [0.15, 0.2) is 23.0 Å². The number of fused-ring (bicyclic) bond motifs is 2. The van der Waals surface area contributed by atoms with Gasteiger partial charge in [-0.15, -0.1) is 0 Å². The zero-order valence-electron chi connectivity index (χ0n) is 27.6. The summed E-state index contributed by atoms with van der Waals surface area (Å²) in [6.45, 7) is 19.0. The Bertz CT molecular complexity index is 2190. The molecule has 0 unspecified atom stereocenters. The normalized spacial score (nSPS) is 10.9. The second-order valence-corrected chi connectivity index (χ2v) is 11.5. The van der Waals surface area contributed by atoms with E-state index in [1.54, 1.807) is 27.7 Å². The van der Waals surface area contributed by atoms with Gasteiger partial charge in [-0.2, -0.15) is 0 Å². The van der Waals surface area contributed by atoms with Gasteiger partial charge in [0.05, 0.1) is 0 Å². The first-order valence-corrected chi connectivity index (χ1v) is 14.5. The van der Waals surface area contributed by atoms with Crippen molar-refractivity contribution in [2.45, 2.75) is 55.4 Å². The molecule has 4 rings (SSSR count). The molecule has 4 aromatic carbocycles. The average Bonchev–Trinajstić information content (AvgIpc) is 2.96. The van der Waals surface area contributed by atoms with E-state index in [1.165, 1.54) is 12.1 Å². The van der Waals surface area contributed by atoms with Crippen molar-refractivity contribution in [2.24, 2.45) is 0 Å². The topological polar surface area (TPSA) is 186 Å². The van der Waals surface area contributed by atoms with Crippen LogP contribution in [-0.4, -0.2) is 44.3 Å². The van der Waals surface area contributed by atoms with E-state index in [9.17, 15) is 39.6 Å². The molecule has 0 bridgehead atoms. The number of carbonyl (C=O) groups is 4. The predicted molar refractivity (Wildman–Crippen MR) is 178 cm³/mol. The van der Waals surface area contributed by atoms with Gasteiger partial charge in [-0.1, -0.05) is 24.3 Å². The fourth-order valence-corrected chi connectivity index (χ4v) is 5.68. The molecule has 48 heavy (non-hydrogen) atoms. The van der Waals surface area contributed by atoms with Crippen molar-refractivity contribution in [3.05, 3.63) is 33.0 Å². The summed E-state index contributed by atoms with van der Waals surface area (Å²) >= 11 is 0. The second kappa shape index (κ2) is 12.6. The highest BCUT2D eigenvalue weighted by Crippen LogP contribution is 2.45. The first kappa shape index (κ1) is 34.8. The summed E-state index contributed by atoms with van der Waals surface area (Å²) in [5.41, 5.74) is 0.475. The number of esters is 4. The lowest BCUT2D eigenvalue weighted by atomic mass is 9.90. The summed E-state index contributed by atoms with van der Waals surface area (Å²) in [6.07, 6.45) is 0. The molecule has 12 nitrogen and oxygen atoms in total. The minimum Gasteiger partial charge on any atom is -0.507 e. The van der Waals surface area contributed by atoms with Crippen molar-refractivity contribution in [1.82, 2.24) is 0 Å². The molecule has 0 spiro atoms. The SMILES string of the molecule is C=c1c(-c2c(O)c3cc(OC(C)=O)c(OC(C)=O)c(=C(C)C)c3c(O)c2=C)c(O)c2cc(OC(C)=O)c(OC(C)=O)c(=C(C)C)c2c1O. The summed E-state index contributed by atoms with van der Waals surface area (Å²) in [6, 6.07) is 2.36. The Labute approximate surface area is 273 Å². The van der Waals surface area contributed by atoms with Crippen LogP contribution in [0, 0.1) is 0 Å². The zero-order chi connectivity index (χ0) is 36.1. The standard InChI is InChI=1S/C36H34O12/c1-13(2)25-29-21(11-23(45-17(7)37)35(25)47-19(9)39)33(43)27(15(5)31(29)41)28-16(6)32(42)30-22(34(28)44)12-24(46-18(8)38)36(48-20(10)40)26(30)14(3)4/h11-12,41-44H,5-6H2,1-4,7-10H3. The van der Waals surface area contributed by atoms with Crippen molar-refractivity contribution >= 4 is 69.7 Å². The lowest BCUT2D eigenvalue weighted by molar-refractivity contribution is -0.134. The quantitative estimate of drug-likeness (QED) is 0.139. The minimum atomic E-state index is -0.771. The molecular weight excluding hydrogens is 624 g/mol. The summed E-state index contributed by atoms with van der Waals surface area (Å²) in [5, 5.41) is 46.6. The molecular formula is C36H34O12. The largest absolute Gasteiger partial charge is 0.507 e. The van der Waals surface area contributed by atoms with Gasteiger partial charge in [0.1, 0.15) is 23.0 Å². The number of phenols is 4. The Morgan fingerprint density at radius 1 is 0.500 bits per heavy atom. The number of aromatic hydroxyl groups is 4. The van der Waals surface area contributed by atoms with Gasteiger partial charge >= 0.3 is 23.9 Å². The van der Waals surface area contributed by atoms with E-state index in [0.29, 0.717) is 11.1 Å². The molecule has 0 amide bonds.